The molecule has 1 aliphatic rings. The molecule has 1 aromatic rings. The van der Waals surface area contributed by atoms with Gasteiger partial charge in [-0.2, -0.15) is 0 Å². The van der Waals surface area contributed by atoms with E-state index in [0.29, 0.717) is 12.5 Å². The second-order valence-electron chi connectivity index (χ2n) is 5.50. The molecule has 1 aromatic carbocycles. The molecular formula is C15H21NO2. The maximum absolute atomic E-state index is 12.3. The number of phenols is 1. The summed E-state index contributed by atoms with van der Waals surface area (Å²) in [7, 11) is 0. The highest BCUT2D eigenvalue weighted by Crippen LogP contribution is 2.25. The van der Waals surface area contributed by atoms with Crippen molar-refractivity contribution in [3.05, 3.63) is 29.3 Å². The predicted octanol–water partition coefficient (Wildman–Crippen LogP) is 2.57. The lowest BCUT2D eigenvalue weighted by Crippen LogP contribution is -2.40. The second-order valence-corrected chi connectivity index (χ2v) is 5.50. The number of hydrogen-bond acceptors (Lipinski definition) is 2. The molecule has 0 bridgehead atoms. The van der Waals surface area contributed by atoms with Crippen LogP contribution in [0.25, 0.3) is 0 Å². The molecule has 0 saturated carbocycles. The first-order valence-electron chi connectivity index (χ1n) is 6.58. The van der Waals surface area contributed by atoms with Gasteiger partial charge in [0.2, 0.25) is 5.91 Å². The van der Waals surface area contributed by atoms with Crippen LogP contribution >= 0.6 is 0 Å². The quantitative estimate of drug-likeness (QED) is 0.872. The first kappa shape index (κ1) is 12.9. The Morgan fingerprint density at radius 1 is 1.28 bits per heavy atom. The number of amides is 1. The summed E-state index contributed by atoms with van der Waals surface area (Å²) in [6, 6.07) is 5.44. The van der Waals surface area contributed by atoms with Gasteiger partial charge in [0, 0.05) is 19.0 Å². The first-order valence-corrected chi connectivity index (χ1v) is 6.58. The normalized spacial score (nSPS) is 16.6. The number of fused-ring (bicyclic) bond motifs is 1. The molecule has 0 radical (unpaired) electrons. The number of benzene rings is 1. The van der Waals surface area contributed by atoms with E-state index in [9.17, 15) is 9.90 Å². The molecule has 1 N–H and O–H groups in total. The van der Waals surface area contributed by atoms with E-state index in [1.54, 1.807) is 12.1 Å². The molecule has 2 rings (SSSR count). The van der Waals surface area contributed by atoms with Crippen LogP contribution in [0.1, 0.15) is 31.9 Å². The van der Waals surface area contributed by atoms with Gasteiger partial charge in [0.05, 0.1) is 0 Å². The average molecular weight is 247 g/mol. The summed E-state index contributed by atoms with van der Waals surface area (Å²) in [5.41, 5.74) is 2.32. The van der Waals surface area contributed by atoms with E-state index >= 15 is 0 Å². The third-order valence-electron chi connectivity index (χ3n) is 3.90. The van der Waals surface area contributed by atoms with Crippen LogP contribution in [0.15, 0.2) is 18.2 Å². The van der Waals surface area contributed by atoms with E-state index in [1.165, 1.54) is 5.56 Å². The van der Waals surface area contributed by atoms with Crippen molar-refractivity contribution in [1.82, 2.24) is 4.90 Å². The van der Waals surface area contributed by atoms with Crippen molar-refractivity contribution in [3.63, 3.8) is 0 Å². The van der Waals surface area contributed by atoms with Crippen molar-refractivity contribution >= 4 is 5.91 Å². The van der Waals surface area contributed by atoms with Crippen LogP contribution in [0.4, 0.5) is 0 Å². The number of phenolic OH excluding ortho intramolecular Hbond substituents is 1. The summed E-state index contributed by atoms with van der Waals surface area (Å²) >= 11 is 0. The third-order valence-corrected chi connectivity index (χ3v) is 3.90. The van der Waals surface area contributed by atoms with Gasteiger partial charge in [0.1, 0.15) is 5.75 Å². The molecular weight excluding hydrogens is 226 g/mol. The minimum atomic E-state index is 0.0591. The molecule has 0 aliphatic carbocycles. The zero-order valence-electron chi connectivity index (χ0n) is 11.3. The molecule has 1 atom stereocenters. The van der Waals surface area contributed by atoms with Gasteiger partial charge in [-0.25, -0.2) is 0 Å². The molecule has 1 unspecified atom stereocenters. The Hall–Kier alpha value is -1.51. The molecule has 0 aromatic heterocycles. The smallest absolute Gasteiger partial charge is 0.225 e. The number of aromatic hydroxyl groups is 1. The Balaban J connectivity index is 2.14. The highest BCUT2D eigenvalue weighted by Gasteiger charge is 2.26. The second kappa shape index (κ2) is 5.01. The number of rotatable bonds is 2. The fourth-order valence-corrected chi connectivity index (χ4v) is 2.30. The SMILES string of the molecule is CC(C)C(C)C(=O)N1CCc2ccc(O)cc2C1. The fraction of sp³-hybridized carbons (Fsp3) is 0.533. The van der Waals surface area contributed by atoms with Crippen molar-refractivity contribution < 1.29 is 9.90 Å². The van der Waals surface area contributed by atoms with Crippen LogP contribution in [0.2, 0.25) is 0 Å². The molecule has 0 saturated heterocycles. The van der Waals surface area contributed by atoms with Crippen molar-refractivity contribution in [2.45, 2.75) is 33.7 Å². The van der Waals surface area contributed by atoms with Crippen LogP contribution in [-0.2, 0) is 17.8 Å². The Labute approximate surface area is 108 Å². The van der Waals surface area contributed by atoms with Gasteiger partial charge in [-0.15, -0.1) is 0 Å². The zero-order valence-corrected chi connectivity index (χ0v) is 11.3. The summed E-state index contributed by atoms with van der Waals surface area (Å²) in [6.45, 7) is 7.55. The molecule has 1 amide bonds. The van der Waals surface area contributed by atoms with Gasteiger partial charge in [0.15, 0.2) is 0 Å². The number of hydrogen-bond donors (Lipinski definition) is 1. The molecule has 3 heteroatoms. The summed E-state index contributed by atoms with van der Waals surface area (Å²) in [6.07, 6.45) is 0.881. The Morgan fingerprint density at radius 2 is 2.00 bits per heavy atom. The Morgan fingerprint density at radius 3 is 2.67 bits per heavy atom. The van der Waals surface area contributed by atoms with Crippen LogP contribution in [-0.4, -0.2) is 22.5 Å². The standard InChI is InChI=1S/C15H21NO2/c1-10(2)11(3)15(18)16-7-6-12-4-5-14(17)8-13(12)9-16/h4-5,8,10-11,17H,6-7,9H2,1-3H3. The molecule has 0 fully saturated rings. The number of nitrogens with zero attached hydrogens (tertiary/aromatic N) is 1. The Bertz CT molecular complexity index is 454. The van der Waals surface area contributed by atoms with Gasteiger partial charge in [-0.05, 0) is 35.6 Å². The lowest BCUT2D eigenvalue weighted by atomic mass is 9.94. The maximum atomic E-state index is 12.3. The van der Waals surface area contributed by atoms with E-state index < -0.39 is 0 Å². The number of carbonyl (C=O) groups is 1. The van der Waals surface area contributed by atoms with Crippen LogP contribution in [0.3, 0.4) is 0 Å². The molecule has 3 nitrogen and oxygen atoms in total. The van der Waals surface area contributed by atoms with E-state index in [-0.39, 0.29) is 17.6 Å². The Kier molecular flexibility index (Phi) is 3.60. The molecule has 1 aliphatic heterocycles. The van der Waals surface area contributed by atoms with Gasteiger partial charge in [-0.3, -0.25) is 4.79 Å². The van der Waals surface area contributed by atoms with Crippen molar-refractivity contribution in [1.29, 1.82) is 0 Å². The third kappa shape index (κ3) is 2.50. The van der Waals surface area contributed by atoms with E-state index in [2.05, 4.69) is 13.8 Å². The van der Waals surface area contributed by atoms with Crippen molar-refractivity contribution in [2.24, 2.45) is 11.8 Å². The monoisotopic (exact) mass is 247 g/mol. The molecule has 98 valence electrons. The summed E-state index contributed by atoms with van der Waals surface area (Å²) in [4.78, 5) is 14.2. The van der Waals surface area contributed by atoms with Gasteiger partial charge >= 0.3 is 0 Å². The first-order chi connectivity index (χ1) is 8.49. The van der Waals surface area contributed by atoms with Crippen LogP contribution < -0.4 is 0 Å². The van der Waals surface area contributed by atoms with E-state index in [4.69, 9.17) is 0 Å². The fourth-order valence-electron chi connectivity index (χ4n) is 2.30. The highest BCUT2D eigenvalue weighted by molar-refractivity contribution is 5.79. The molecule has 18 heavy (non-hydrogen) atoms. The molecule has 0 spiro atoms. The van der Waals surface area contributed by atoms with Crippen molar-refractivity contribution in [2.75, 3.05) is 6.54 Å². The lowest BCUT2D eigenvalue weighted by Gasteiger charge is -2.32. The molecule has 1 heterocycles. The maximum Gasteiger partial charge on any atom is 0.225 e. The average Bonchev–Trinajstić information content (AvgIpc) is 2.35. The minimum absolute atomic E-state index is 0.0591. The summed E-state index contributed by atoms with van der Waals surface area (Å²) < 4.78 is 0. The predicted molar refractivity (Wildman–Crippen MR) is 71.2 cm³/mol. The van der Waals surface area contributed by atoms with Gasteiger partial charge < -0.3 is 10.0 Å². The van der Waals surface area contributed by atoms with E-state index in [1.807, 2.05) is 17.9 Å². The lowest BCUT2D eigenvalue weighted by molar-refractivity contribution is -0.137. The highest BCUT2D eigenvalue weighted by atomic mass is 16.3. The summed E-state index contributed by atoms with van der Waals surface area (Å²) in [5, 5.41) is 9.51. The van der Waals surface area contributed by atoms with Crippen LogP contribution in [0.5, 0.6) is 5.75 Å². The van der Waals surface area contributed by atoms with E-state index in [0.717, 1.165) is 18.5 Å². The van der Waals surface area contributed by atoms with Gasteiger partial charge in [0.25, 0.3) is 0 Å². The van der Waals surface area contributed by atoms with Crippen molar-refractivity contribution in [3.8, 4) is 5.75 Å². The topological polar surface area (TPSA) is 40.5 Å². The minimum Gasteiger partial charge on any atom is -0.508 e. The van der Waals surface area contributed by atoms with Crippen LogP contribution in [0, 0.1) is 11.8 Å². The largest absolute Gasteiger partial charge is 0.508 e. The number of carbonyl (C=O) groups excluding carboxylic acids is 1. The zero-order chi connectivity index (χ0) is 13.3. The summed E-state index contributed by atoms with van der Waals surface area (Å²) in [5.74, 6) is 0.922. The van der Waals surface area contributed by atoms with Gasteiger partial charge in [-0.1, -0.05) is 26.8 Å².